The molecule has 0 aromatic rings. The molecule has 0 aliphatic rings. The topological polar surface area (TPSA) is 41.6 Å². The summed E-state index contributed by atoms with van der Waals surface area (Å²) in [6, 6.07) is 0.355. The van der Waals surface area contributed by atoms with Gasteiger partial charge in [-0.1, -0.05) is 20.1 Å². The van der Waals surface area contributed by atoms with Crippen molar-refractivity contribution in [3.05, 3.63) is 25.2 Å². The van der Waals surface area contributed by atoms with Gasteiger partial charge in [0.1, 0.15) is 5.82 Å². The monoisotopic (exact) mass is 181 g/mol. The molecule has 0 bridgehead atoms. The van der Waals surface area contributed by atoms with Crippen molar-refractivity contribution in [2.75, 3.05) is 0 Å². The Morgan fingerprint density at radius 3 is 2.54 bits per heavy atom. The second kappa shape index (κ2) is 5.41. The third kappa shape index (κ3) is 3.78. The van der Waals surface area contributed by atoms with Crippen LogP contribution < -0.4 is 5.73 Å². The molecule has 0 aliphatic carbocycles. The zero-order valence-electron chi connectivity index (χ0n) is 8.75. The van der Waals surface area contributed by atoms with Crippen molar-refractivity contribution in [3.8, 4) is 0 Å². The summed E-state index contributed by atoms with van der Waals surface area (Å²) in [5.41, 5.74) is 5.46. The average molecular weight is 181 g/mol. The highest BCUT2D eigenvalue weighted by Gasteiger charge is 2.09. The van der Waals surface area contributed by atoms with Gasteiger partial charge in [-0.3, -0.25) is 0 Å². The third-order valence-corrected chi connectivity index (χ3v) is 1.87. The van der Waals surface area contributed by atoms with Gasteiger partial charge in [0.25, 0.3) is 0 Å². The Morgan fingerprint density at radius 2 is 2.23 bits per heavy atom. The van der Waals surface area contributed by atoms with E-state index in [1.54, 1.807) is 13.1 Å². The lowest BCUT2D eigenvalue weighted by Crippen LogP contribution is -2.26. The molecule has 0 aromatic heterocycles. The number of aliphatic imine (C=N–C) groups is 1. The van der Waals surface area contributed by atoms with Gasteiger partial charge >= 0.3 is 0 Å². The Kier molecular flexibility index (Phi) is 4.89. The van der Waals surface area contributed by atoms with Crippen molar-refractivity contribution in [3.63, 3.8) is 0 Å². The highest BCUT2D eigenvalue weighted by atomic mass is 15.2. The first-order valence-electron chi connectivity index (χ1n) is 4.43. The highest BCUT2D eigenvalue weighted by Crippen LogP contribution is 2.11. The van der Waals surface area contributed by atoms with Crippen LogP contribution in [-0.4, -0.2) is 16.8 Å². The van der Waals surface area contributed by atoms with E-state index in [-0.39, 0.29) is 0 Å². The lowest BCUT2D eigenvalue weighted by molar-refractivity contribution is 0.351. The maximum absolute atomic E-state index is 5.46. The molecule has 0 radical (unpaired) electrons. The summed E-state index contributed by atoms with van der Waals surface area (Å²) in [6.07, 6.45) is 2.74. The molecule has 2 N–H and O–H groups in total. The van der Waals surface area contributed by atoms with E-state index in [4.69, 9.17) is 5.73 Å². The van der Waals surface area contributed by atoms with Crippen molar-refractivity contribution in [1.82, 2.24) is 4.90 Å². The summed E-state index contributed by atoms with van der Waals surface area (Å²) in [5.74, 6) is 1.16. The predicted octanol–water partition coefficient (Wildman–Crippen LogP) is 2.08. The normalized spacial score (nSPS) is 13.6. The van der Waals surface area contributed by atoms with Crippen molar-refractivity contribution in [2.24, 2.45) is 10.7 Å². The van der Waals surface area contributed by atoms with Gasteiger partial charge in [0.2, 0.25) is 0 Å². The quantitative estimate of drug-likeness (QED) is 0.521. The van der Waals surface area contributed by atoms with Crippen LogP contribution in [0.3, 0.4) is 0 Å². The number of hydrogen-bond acceptors (Lipinski definition) is 2. The van der Waals surface area contributed by atoms with Gasteiger partial charge in [0.05, 0.1) is 5.84 Å². The number of hydrogen-bond donors (Lipinski definition) is 1. The average Bonchev–Trinajstić information content (AvgIpc) is 2.03. The molecule has 3 heteroatoms. The molecule has 13 heavy (non-hydrogen) atoms. The molecular formula is C10H19N3. The molecule has 0 aromatic carbocycles. The van der Waals surface area contributed by atoms with E-state index < -0.39 is 0 Å². The van der Waals surface area contributed by atoms with Crippen molar-refractivity contribution < 1.29 is 0 Å². The Morgan fingerprint density at radius 1 is 1.69 bits per heavy atom. The first kappa shape index (κ1) is 11.8. The summed E-state index contributed by atoms with van der Waals surface area (Å²) < 4.78 is 0. The van der Waals surface area contributed by atoms with Crippen molar-refractivity contribution in [2.45, 2.75) is 33.2 Å². The smallest absolute Gasteiger partial charge is 0.127 e. The third-order valence-electron chi connectivity index (χ3n) is 1.87. The molecule has 0 fully saturated rings. The molecule has 1 atom stereocenters. The largest absolute Gasteiger partial charge is 0.387 e. The van der Waals surface area contributed by atoms with E-state index in [2.05, 4.69) is 32.0 Å². The van der Waals surface area contributed by atoms with Crippen LogP contribution in [0.15, 0.2) is 30.2 Å². The number of nitrogens with zero attached hydrogens (tertiary/aromatic N) is 2. The molecule has 3 nitrogen and oxygen atoms in total. The number of nitrogens with two attached hydrogens (primary N) is 1. The van der Waals surface area contributed by atoms with E-state index in [0.29, 0.717) is 17.7 Å². The molecule has 0 rings (SSSR count). The molecule has 74 valence electrons. The second-order valence-electron chi connectivity index (χ2n) is 3.02. The number of rotatable bonds is 5. The van der Waals surface area contributed by atoms with E-state index in [9.17, 15) is 0 Å². The van der Waals surface area contributed by atoms with Gasteiger partial charge in [-0.05, 0) is 26.5 Å². The molecular weight excluding hydrogens is 162 g/mol. The SMILES string of the molecule is C=CN(C(=C)/N=C(\C)N)C(C)CC. The predicted molar refractivity (Wildman–Crippen MR) is 58.2 cm³/mol. The fourth-order valence-electron chi connectivity index (χ4n) is 0.998. The van der Waals surface area contributed by atoms with Crippen LogP contribution in [0.4, 0.5) is 0 Å². The van der Waals surface area contributed by atoms with Crippen molar-refractivity contribution in [1.29, 1.82) is 0 Å². The Bertz CT molecular complexity index is 214. The van der Waals surface area contributed by atoms with Gasteiger partial charge < -0.3 is 10.6 Å². The van der Waals surface area contributed by atoms with E-state index in [1.807, 2.05) is 4.90 Å². The van der Waals surface area contributed by atoms with E-state index >= 15 is 0 Å². The Balaban J connectivity index is 4.50. The number of amidine groups is 1. The molecule has 0 heterocycles. The molecule has 0 spiro atoms. The van der Waals surface area contributed by atoms with Crippen LogP contribution in [0.1, 0.15) is 27.2 Å². The molecule has 0 aliphatic heterocycles. The summed E-state index contributed by atoms with van der Waals surface area (Å²) in [5, 5.41) is 0. The Labute approximate surface area is 80.6 Å². The summed E-state index contributed by atoms with van der Waals surface area (Å²) in [4.78, 5) is 5.99. The van der Waals surface area contributed by atoms with Gasteiger partial charge in [0, 0.05) is 6.04 Å². The lowest BCUT2D eigenvalue weighted by atomic mass is 10.2. The van der Waals surface area contributed by atoms with E-state index in [0.717, 1.165) is 6.42 Å². The highest BCUT2D eigenvalue weighted by molar-refractivity contribution is 5.78. The van der Waals surface area contributed by atoms with Crippen LogP contribution in [0, 0.1) is 0 Å². The molecule has 0 amide bonds. The minimum atomic E-state index is 0.355. The minimum Gasteiger partial charge on any atom is -0.387 e. The summed E-state index contributed by atoms with van der Waals surface area (Å²) >= 11 is 0. The van der Waals surface area contributed by atoms with Gasteiger partial charge in [-0.15, -0.1) is 0 Å². The molecule has 0 saturated carbocycles. The fourth-order valence-corrected chi connectivity index (χ4v) is 0.998. The van der Waals surface area contributed by atoms with Crippen LogP contribution in [0.2, 0.25) is 0 Å². The second-order valence-corrected chi connectivity index (χ2v) is 3.02. The van der Waals surface area contributed by atoms with Gasteiger partial charge in [-0.2, -0.15) is 0 Å². The molecule has 1 unspecified atom stereocenters. The zero-order valence-corrected chi connectivity index (χ0v) is 8.75. The zero-order chi connectivity index (χ0) is 10.4. The van der Waals surface area contributed by atoms with Crippen LogP contribution >= 0.6 is 0 Å². The Hall–Kier alpha value is -1.25. The standard InChI is InChI=1S/C10H19N3/c1-6-8(3)13(7-2)10(5)12-9(4)11/h7-8H,2,5-6H2,1,3-4H3,(H2,11,12). The van der Waals surface area contributed by atoms with Crippen LogP contribution in [-0.2, 0) is 0 Å². The fraction of sp³-hybridized carbons (Fsp3) is 0.500. The van der Waals surface area contributed by atoms with Gasteiger partial charge in [-0.25, -0.2) is 4.99 Å². The van der Waals surface area contributed by atoms with Crippen LogP contribution in [0.25, 0.3) is 0 Å². The minimum absolute atomic E-state index is 0.355. The summed E-state index contributed by atoms with van der Waals surface area (Å²) in [7, 11) is 0. The summed E-state index contributed by atoms with van der Waals surface area (Å²) in [6.45, 7) is 13.5. The van der Waals surface area contributed by atoms with Crippen LogP contribution in [0.5, 0.6) is 0 Å². The first-order chi connectivity index (χ1) is 6.02. The first-order valence-corrected chi connectivity index (χ1v) is 4.43. The molecule has 0 saturated heterocycles. The maximum Gasteiger partial charge on any atom is 0.127 e. The van der Waals surface area contributed by atoms with E-state index in [1.165, 1.54) is 0 Å². The maximum atomic E-state index is 5.46. The van der Waals surface area contributed by atoms with Crippen molar-refractivity contribution >= 4 is 5.84 Å². The van der Waals surface area contributed by atoms with Gasteiger partial charge in [0.15, 0.2) is 0 Å². The lowest BCUT2D eigenvalue weighted by Gasteiger charge is -2.25.